The van der Waals surface area contributed by atoms with Crippen LogP contribution in [0.25, 0.3) is 10.9 Å². The minimum absolute atomic E-state index is 0.00139. The number of para-hydroxylation sites is 1. The number of carbonyl (C=O) groups excluding carboxylic acids is 1. The van der Waals surface area contributed by atoms with E-state index in [1.54, 1.807) is 6.20 Å². The molecular weight excluding hydrogens is 365 g/mol. The fraction of sp³-hybridized carbons (Fsp3) is 0.273. The zero-order chi connectivity index (χ0) is 19.7. The lowest BCUT2D eigenvalue weighted by molar-refractivity contribution is -0.137. The summed E-state index contributed by atoms with van der Waals surface area (Å²) in [5, 5.41) is 4.01. The van der Waals surface area contributed by atoms with Gasteiger partial charge in [0.2, 0.25) is 5.91 Å². The Kier molecular flexibility index (Phi) is 4.79. The number of nitrogens with zero attached hydrogens (tertiary/aromatic N) is 1. The van der Waals surface area contributed by atoms with Gasteiger partial charge in [0.25, 0.3) is 0 Å². The summed E-state index contributed by atoms with van der Waals surface area (Å²) in [5.41, 5.74) is 2.13. The van der Waals surface area contributed by atoms with Crippen LogP contribution < -0.4 is 5.32 Å². The molecule has 0 aliphatic heterocycles. The number of hydrogen-bond acceptors (Lipinski definition) is 2. The average Bonchev–Trinajstić information content (AvgIpc) is 3.48. The van der Waals surface area contributed by atoms with Crippen molar-refractivity contribution >= 4 is 16.8 Å². The van der Waals surface area contributed by atoms with Crippen molar-refractivity contribution in [1.29, 1.82) is 0 Å². The van der Waals surface area contributed by atoms with Gasteiger partial charge in [-0.2, -0.15) is 13.2 Å². The first-order valence-corrected chi connectivity index (χ1v) is 9.21. The van der Waals surface area contributed by atoms with E-state index in [1.807, 2.05) is 30.3 Å². The molecule has 3 aromatic rings. The third-order valence-corrected chi connectivity index (χ3v) is 5.20. The SMILES string of the molecule is O=C(NCCc1cccc2cccnc12)C1CC1c1ccc(C(F)(F)F)cc1. The van der Waals surface area contributed by atoms with Crippen LogP contribution in [0.2, 0.25) is 0 Å². The number of nitrogens with one attached hydrogen (secondary N) is 1. The second kappa shape index (κ2) is 7.26. The second-order valence-electron chi connectivity index (χ2n) is 7.10. The molecule has 0 saturated heterocycles. The fourth-order valence-corrected chi connectivity index (χ4v) is 3.59. The molecule has 1 heterocycles. The molecule has 0 bridgehead atoms. The lowest BCUT2D eigenvalue weighted by Crippen LogP contribution is -2.27. The Morgan fingerprint density at radius 2 is 1.82 bits per heavy atom. The van der Waals surface area contributed by atoms with Crippen molar-refractivity contribution in [3.8, 4) is 0 Å². The number of carbonyl (C=O) groups is 1. The number of fused-ring (bicyclic) bond motifs is 1. The summed E-state index contributed by atoms with van der Waals surface area (Å²) in [5.74, 6) is -0.207. The van der Waals surface area contributed by atoms with Gasteiger partial charge in [0, 0.05) is 24.0 Å². The minimum Gasteiger partial charge on any atom is -0.356 e. The van der Waals surface area contributed by atoms with Crippen molar-refractivity contribution in [2.45, 2.75) is 24.9 Å². The van der Waals surface area contributed by atoms with E-state index in [4.69, 9.17) is 0 Å². The summed E-state index contributed by atoms with van der Waals surface area (Å²) in [6.07, 6.45) is -1.23. The standard InChI is InChI=1S/C22H19F3N2O/c23-22(24,25)17-8-6-14(7-9-17)18-13-19(18)21(28)27-12-10-16-4-1-3-15-5-2-11-26-20(15)16/h1-9,11,18-19H,10,12-13H2,(H,27,28). The molecular formula is C22H19F3N2O. The van der Waals surface area contributed by atoms with Crippen molar-refractivity contribution in [2.24, 2.45) is 5.92 Å². The van der Waals surface area contributed by atoms with Crippen molar-refractivity contribution in [2.75, 3.05) is 6.54 Å². The highest BCUT2D eigenvalue weighted by Gasteiger charge is 2.44. The highest BCUT2D eigenvalue weighted by atomic mass is 19.4. The van der Waals surface area contributed by atoms with Gasteiger partial charge >= 0.3 is 6.18 Å². The normalized spacial score (nSPS) is 18.8. The fourth-order valence-electron chi connectivity index (χ4n) is 3.59. The van der Waals surface area contributed by atoms with E-state index in [9.17, 15) is 18.0 Å². The smallest absolute Gasteiger partial charge is 0.356 e. The molecule has 1 aromatic heterocycles. The number of benzene rings is 2. The van der Waals surface area contributed by atoms with Gasteiger partial charge in [-0.05, 0) is 48.1 Å². The number of rotatable bonds is 5. The Hall–Kier alpha value is -2.89. The molecule has 144 valence electrons. The molecule has 1 aliphatic carbocycles. The van der Waals surface area contributed by atoms with E-state index in [0.29, 0.717) is 19.4 Å². The molecule has 0 spiro atoms. The first-order chi connectivity index (χ1) is 13.4. The van der Waals surface area contributed by atoms with Gasteiger partial charge in [-0.25, -0.2) is 0 Å². The van der Waals surface area contributed by atoms with Gasteiger partial charge in [-0.15, -0.1) is 0 Å². The van der Waals surface area contributed by atoms with Gasteiger partial charge in [-0.1, -0.05) is 36.4 Å². The zero-order valence-electron chi connectivity index (χ0n) is 15.0. The van der Waals surface area contributed by atoms with Crippen LogP contribution in [0.3, 0.4) is 0 Å². The summed E-state index contributed by atoms with van der Waals surface area (Å²) in [6, 6.07) is 15.0. The molecule has 3 nitrogen and oxygen atoms in total. The summed E-state index contributed by atoms with van der Waals surface area (Å²) in [4.78, 5) is 16.8. The number of alkyl halides is 3. The molecule has 2 atom stereocenters. The Labute approximate surface area is 160 Å². The predicted molar refractivity (Wildman–Crippen MR) is 101 cm³/mol. The lowest BCUT2D eigenvalue weighted by atomic mass is 10.1. The second-order valence-corrected chi connectivity index (χ2v) is 7.10. The molecule has 1 aliphatic rings. The molecule has 0 radical (unpaired) electrons. The molecule has 1 amide bonds. The zero-order valence-corrected chi connectivity index (χ0v) is 15.0. The summed E-state index contributed by atoms with van der Waals surface area (Å²) in [7, 11) is 0. The first kappa shape index (κ1) is 18.5. The Morgan fingerprint density at radius 3 is 2.57 bits per heavy atom. The Bertz CT molecular complexity index is 993. The van der Waals surface area contributed by atoms with Gasteiger partial charge in [0.1, 0.15) is 0 Å². The number of pyridine rings is 1. The molecule has 2 unspecified atom stereocenters. The quantitative estimate of drug-likeness (QED) is 0.692. The summed E-state index contributed by atoms with van der Waals surface area (Å²) < 4.78 is 37.9. The molecule has 1 N–H and O–H groups in total. The maximum Gasteiger partial charge on any atom is 0.416 e. The van der Waals surface area contributed by atoms with Crippen molar-refractivity contribution in [1.82, 2.24) is 10.3 Å². The maximum atomic E-state index is 12.6. The summed E-state index contributed by atoms with van der Waals surface area (Å²) >= 11 is 0. The van der Waals surface area contributed by atoms with Gasteiger partial charge in [-0.3, -0.25) is 9.78 Å². The molecule has 28 heavy (non-hydrogen) atoms. The van der Waals surface area contributed by atoms with Gasteiger partial charge in [0.15, 0.2) is 0 Å². The first-order valence-electron chi connectivity index (χ1n) is 9.21. The van der Waals surface area contributed by atoms with Crippen LogP contribution in [0.5, 0.6) is 0 Å². The van der Waals surface area contributed by atoms with Crippen LogP contribution in [0, 0.1) is 5.92 Å². The van der Waals surface area contributed by atoms with Crippen molar-refractivity contribution < 1.29 is 18.0 Å². The van der Waals surface area contributed by atoms with Crippen LogP contribution in [-0.2, 0) is 17.4 Å². The maximum absolute atomic E-state index is 12.6. The third-order valence-electron chi connectivity index (χ3n) is 5.20. The van der Waals surface area contributed by atoms with Crippen LogP contribution in [0.15, 0.2) is 60.8 Å². The Balaban J connectivity index is 1.32. The lowest BCUT2D eigenvalue weighted by Gasteiger charge is -2.08. The monoisotopic (exact) mass is 384 g/mol. The van der Waals surface area contributed by atoms with E-state index >= 15 is 0 Å². The van der Waals surface area contributed by atoms with Crippen LogP contribution in [0.4, 0.5) is 13.2 Å². The van der Waals surface area contributed by atoms with Crippen LogP contribution >= 0.6 is 0 Å². The molecule has 1 fully saturated rings. The third kappa shape index (κ3) is 3.86. The van der Waals surface area contributed by atoms with Crippen molar-refractivity contribution in [3.05, 3.63) is 77.5 Å². The van der Waals surface area contributed by atoms with E-state index in [1.165, 1.54) is 12.1 Å². The van der Waals surface area contributed by atoms with E-state index < -0.39 is 11.7 Å². The number of halogens is 3. The van der Waals surface area contributed by atoms with Crippen LogP contribution in [0.1, 0.15) is 29.0 Å². The number of amides is 1. The van der Waals surface area contributed by atoms with Gasteiger partial charge < -0.3 is 5.32 Å². The van der Waals surface area contributed by atoms with E-state index in [-0.39, 0.29) is 17.7 Å². The minimum atomic E-state index is -4.34. The topological polar surface area (TPSA) is 42.0 Å². The molecule has 2 aromatic carbocycles. The summed E-state index contributed by atoms with van der Waals surface area (Å²) in [6.45, 7) is 0.505. The number of aromatic nitrogens is 1. The predicted octanol–water partition coefficient (Wildman–Crippen LogP) is 4.72. The average molecular weight is 384 g/mol. The van der Waals surface area contributed by atoms with Crippen molar-refractivity contribution in [3.63, 3.8) is 0 Å². The number of hydrogen-bond donors (Lipinski definition) is 1. The van der Waals surface area contributed by atoms with Gasteiger partial charge in [0.05, 0.1) is 11.1 Å². The highest BCUT2D eigenvalue weighted by molar-refractivity contribution is 5.83. The molecule has 1 saturated carbocycles. The Morgan fingerprint density at radius 1 is 1.07 bits per heavy atom. The van der Waals surface area contributed by atoms with E-state index in [2.05, 4.69) is 10.3 Å². The largest absolute Gasteiger partial charge is 0.416 e. The molecule has 4 rings (SSSR count). The van der Waals surface area contributed by atoms with E-state index in [0.717, 1.165) is 34.2 Å². The van der Waals surface area contributed by atoms with Crippen LogP contribution in [-0.4, -0.2) is 17.4 Å². The highest BCUT2D eigenvalue weighted by Crippen LogP contribution is 2.47. The molecule has 6 heteroatoms.